The van der Waals surface area contributed by atoms with Crippen molar-refractivity contribution in [3.8, 4) is 0 Å². The maximum absolute atomic E-state index is 11.6. The van der Waals surface area contributed by atoms with E-state index in [1.807, 2.05) is 13.8 Å². The van der Waals surface area contributed by atoms with Crippen LogP contribution in [0.15, 0.2) is 0 Å². The summed E-state index contributed by atoms with van der Waals surface area (Å²) in [6.07, 6.45) is 0. The van der Waals surface area contributed by atoms with Gasteiger partial charge in [0.25, 0.3) is 0 Å². The summed E-state index contributed by atoms with van der Waals surface area (Å²) in [7, 11) is 2.08. The molecule has 0 aliphatic carbocycles. The van der Waals surface area contributed by atoms with E-state index < -0.39 is 0 Å². The van der Waals surface area contributed by atoms with E-state index in [4.69, 9.17) is 10.5 Å². The first-order chi connectivity index (χ1) is 10.2. The number of nitrogens with two attached hydrogens (primary N) is 1. The van der Waals surface area contributed by atoms with Gasteiger partial charge in [0.15, 0.2) is 0 Å². The number of hydrogen-bond acceptors (Lipinski definition) is 5. The molecule has 1 rings (SSSR count). The predicted molar refractivity (Wildman–Crippen MR) is 87.5 cm³/mol. The second-order valence-electron chi connectivity index (χ2n) is 6.65. The summed E-state index contributed by atoms with van der Waals surface area (Å²) in [6.45, 7) is 13.0. The van der Waals surface area contributed by atoms with E-state index in [2.05, 4.69) is 30.9 Å². The molecule has 1 aromatic rings. The Bertz CT molecular complexity index is 508. The standard InChI is InChI=1S/C16H30N4O2/c1-7-22-15(21)9-20-13(3)14(12(2)18-20)8-19(6)11-16(4,5)10-17/h7-11,17H2,1-6H3. The van der Waals surface area contributed by atoms with Gasteiger partial charge >= 0.3 is 5.97 Å². The molecule has 0 atom stereocenters. The lowest BCUT2D eigenvalue weighted by atomic mass is 9.93. The first-order valence-electron chi connectivity index (χ1n) is 7.77. The first-order valence-corrected chi connectivity index (χ1v) is 7.77. The van der Waals surface area contributed by atoms with Crippen LogP contribution in [-0.4, -0.2) is 47.4 Å². The number of carbonyl (C=O) groups excluding carboxylic acids is 1. The molecule has 0 unspecified atom stereocenters. The van der Waals surface area contributed by atoms with Crippen molar-refractivity contribution < 1.29 is 9.53 Å². The van der Waals surface area contributed by atoms with Gasteiger partial charge in [0.2, 0.25) is 0 Å². The highest BCUT2D eigenvalue weighted by molar-refractivity contribution is 5.69. The molecule has 6 heteroatoms. The Morgan fingerprint density at radius 1 is 1.41 bits per heavy atom. The average molecular weight is 310 g/mol. The number of nitrogens with zero attached hydrogens (tertiary/aromatic N) is 3. The Kier molecular flexibility index (Phi) is 6.56. The molecule has 6 nitrogen and oxygen atoms in total. The topological polar surface area (TPSA) is 73.4 Å². The quantitative estimate of drug-likeness (QED) is 0.736. The van der Waals surface area contributed by atoms with Crippen LogP contribution in [0.5, 0.6) is 0 Å². The number of aryl methyl sites for hydroxylation is 1. The Hall–Kier alpha value is -1.40. The van der Waals surface area contributed by atoms with Crippen molar-refractivity contribution in [1.82, 2.24) is 14.7 Å². The monoisotopic (exact) mass is 310 g/mol. The van der Waals surface area contributed by atoms with Crippen molar-refractivity contribution in [3.05, 3.63) is 17.0 Å². The van der Waals surface area contributed by atoms with Gasteiger partial charge in [-0.3, -0.25) is 9.48 Å². The van der Waals surface area contributed by atoms with Crippen molar-refractivity contribution in [2.45, 2.75) is 47.7 Å². The van der Waals surface area contributed by atoms with Gasteiger partial charge in [-0.25, -0.2) is 0 Å². The molecule has 0 bridgehead atoms. The third-order valence-electron chi connectivity index (χ3n) is 3.79. The normalized spacial score (nSPS) is 12.0. The highest BCUT2D eigenvalue weighted by Crippen LogP contribution is 2.19. The highest BCUT2D eigenvalue weighted by atomic mass is 16.5. The lowest BCUT2D eigenvalue weighted by Crippen LogP contribution is -2.36. The number of aromatic nitrogens is 2. The molecule has 0 amide bonds. The van der Waals surface area contributed by atoms with Crippen LogP contribution in [0.25, 0.3) is 0 Å². The number of rotatable bonds is 8. The van der Waals surface area contributed by atoms with Crippen molar-refractivity contribution in [2.24, 2.45) is 11.1 Å². The molecule has 0 radical (unpaired) electrons. The summed E-state index contributed by atoms with van der Waals surface area (Å²) < 4.78 is 6.71. The third-order valence-corrected chi connectivity index (χ3v) is 3.79. The van der Waals surface area contributed by atoms with Crippen LogP contribution in [0.1, 0.15) is 37.7 Å². The number of ether oxygens (including phenoxy) is 1. The highest BCUT2D eigenvalue weighted by Gasteiger charge is 2.21. The lowest BCUT2D eigenvalue weighted by Gasteiger charge is -2.29. The molecule has 0 saturated carbocycles. The van der Waals surface area contributed by atoms with Gasteiger partial charge in [0, 0.05) is 24.3 Å². The van der Waals surface area contributed by atoms with E-state index in [1.54, 1.807) is 11.6 Å². The zero-order chi connectivity index (χ0) is 16.9. The second kappa shape index (κ2) is 7.74. The maximum Gasteiger partial charge on any atom is 0.327 e. The molecule has 0 fully saturated rings. The minimum atomic E-state index is -0.253. The van der Waals surface area contributed by atoms with Gasteiger partial charge in [-0.1, -0.05) is 13.8 Å². The fraction of sp³-hybridized carbons (Fsp3) is 0.750. The molecule has 1 aromatic heterocycles. The molecule has 0 spiro atoms. The average Bonchev–Trinajstić information content (AvgIpc) is 2.66. The molecular weight excluding hydrogens is 280 g/mol. The molecule has 126 valence electrons. The van der Waals surface area contributed by atoms with Crippen molar-refractivity contribution in [3.63, 3.8) is 0 Å². The Labute approximate surface area is 133 Å². The molecule has 0 saturated heterocycles. The number of carbonyl (C=O) groups is 1. The minimum Gasteiger partial charge on any atom is -0.465 e. The summed E-state index contributed by atoms with van der Waals surface area (Å²) in [4.78, 5) is 13.9. The summed E-state index contributed by atoms with van der Waals surface area (Å²) in [5.74, 6) is -0.253. The van der Waals surface area contributed by atoms with Crippen LogP contribution < -0.4 is 5.73 Å². The SMILES string of the molecule is CCOC(=O)Cn1nc(C)c(CN(C)CC(C)(C)CN)c1C. The van der Waals surface area contributed by atoms with Crippen LogP contribution >= 0.6 is 0 Å². The zero-order valence-electron chi connectivity index (χ0n) is 14.8. The maximum atomic E-state index is 11.6. The molecular formula is C16H30N4O2. The van der Waals surface area contributed by atoms with E-state index in [-0.39, 0.29) is 17.9 Å². The zero-order valence-corrected chi connectivity index (χ0v) is 14.8. The summed E-state index contributed by atoms with van der Waals surface area (Å²) >= 11 is 0. The van der Waals surface area contributed by atoms with Crippen LogP contribution in [0, 0.1) is 19.3 Å². The largest absolute Gasteiger partial charge is 0.465 e. The fourth-order valence-electron chi connectivity index (χ4n) is 2.57. The van der Waals surface area contributed by atoms with Gasteiger partial charge in [-0.05, 0) is 39.8 Å². The van der Waals surface area contributed by atoms with Crippen molar-refractivity contribution >= 4 is 5.97 Å². The lowest BCUT2D eigenvalue weighted by molar-refractivity contribution is -0.144. The van der Waals surface area contributed by atoms with Gasteiger partial charge in [-0.2, -0.15) is 5.10 Å². The van der Waals surface area contributed by atoms with Gasteiger partial charge in [-0.15, -0.1) is 0 Å². The van der Waals surface area contributed by atoms with E-state index in [0.717, 1.165) is 24.5 Å². The molecule has 1 heterocycles. The predicted octanol–water partition coefficient (Wildman–Crippen LogP) is 1.48. The second-order valence-corrected chi connectivity index (χ2v) is 6.65. The van der Waals surface area contributed by atoms with Crippen molar-refractivity contribution in [2.75, 3.05) is 26.7 Å². The van der Waals surface area contributed by atoms with Gasteiger partial charge in [0.1, 0.15) is 6.54 Å². The van der Waals surface area contributed by atoms with E-state index in [0.29, 0.717) is 13.2 Å². The van der Waals surface area contributed by atoms with E-state index in [1.165, 1.54) is 5.56 Å². The third kappa shape index (κ3) is 5.10. The van der Waals surface area contributed by atoms with Crippen LogP contribution in [0.3, 0.4) is 0 Å². The summed E-state index contributed by atoms with van der Waals surface area (Å²) in [5, 5.41) is 4.47. The van der Waals surface area contributed by atoms with Crippen LogP contribution in [0.2, 0.25) is 0 Å². The van der Waals surface area contributed by atoms with Crippen LogP contribution in [-0.2, 0) is 22.6 Å². The van der Waals surface area contributed by atoms with E-state index >= 15 is 0 Å². The minimum absolute atomic E-state index is 0.0808. The van der Waals surface area contributed by atoms with Gasteiger partial charge in [0.05, 0.1) is 12.3 Å². The number of hydrogen-bond donors (Lipinski definition) is 1. The Morgan fingerprint density at radius 2 is 2.05 bits per heavy atom. The Balaban J connectivity index is 2.80. The van der Waals surface area contributed by atoms with E-state index in [9.17, 15) is 4.79 Å². The van der Waals surface area contributed by atoms with Gasteiger partial charge < -0.3 is 15.4 Å². The molecule has 22 heavy (non-hydrogen) atoms. The Morgan fingerprint density at radius 3 is 2.59 bits per heavy atom. The van der Waals surface area contributed by atoms with Crippen LogP contribution in [0.4, 0.5) is 0 Å². The molecule has 0 aliphatic rings. The molecule has 0 aromatic carbocycles. The number of esters is 1. The van der Waals surface area contributed by atoms with Crippen molar-refractivity contribution in [1.29, 1.82) is 0 Å². The smallest absolute Gasteiger partial charge is 0.327 e. The summed E-state index contributed by atoms with van der Waals surface area (Å²) in [6, 6.07) is 0. The summed E-state index contributed by atoms with van der Waals surface area (Å²) in [5.41, 5.74) is 9.02. The molecule has 0 aliphatic heterocycles. The first kappa shape index (κ1) is 18.6. The fourth-order valence-corrected chi connectivity index (χ4v) is 2.57. The molecule has 2 N–H and O–H groups in total.